The molecule has 1 aliphatic rings. The average Bonchev–Trinajstić information content (AvgIpc) is 2.18. The zero-order valence-electron chi connectivity index (χ0n) is 9.58. The molecule has 13 heavy (non-hydrogen) atoms. The van der Waals surface area contributed by atoms with E-state index in [9.17, 15) is 0 Å². The van der Waals surface area contributed by atoms with Gasteiger partial charge in [-0.25, -0.2) is 0 Å². The van der Waals surface area contributed by atoms with Crippen molar-refractivity contribution in [1.29, 1.82) is 0 Å². The number of likely N-dealkylation sites (tertiary alicyclic amines) is 1. The molecule has 1 aliphatic heterocycles. The van der Waals surface area contributed by atoms with E-state index in [1.54, 1.807) is 0 Å². The Morgan fingerprint density at radius 2 is 1.62 bits per heavy atom. The van der Waals surface area contributed by atoms with Gasteiger partial charge in [0, 0.05) is 19.2 Å². The van der Waals surface area contributed by atoms with Gasteiger partial charge in [-0.15, -0.1) is 0 Å². The molecule has 1 heterocycles. The van der Waals surface area contributed by atoms with Gasteiger partial charge < -0.3 is 9.64 Å². The van der Waals surface area contributed by atoms with Crippen LogP contribution in [-0.2, 0) is 4.74 Å². The molecule has 4 atom stereocenters. The zero-order chi connectivity index (χ0) is 10.0. The van der Waals surface area contributed by atoms with Crippen molar-refractivity contribution in [2.45, 2.75) is 51.8 Å². The van der Waals surface area contributed by atoms with Crippen molar-refractivity contribution < 1.29 is 4.74 Å². The van der Waals surface area contributed by atoms with E-state index in [4.69, 9.17) is 4.74 Å². The molecule has 0 aromatic heterocycles. The Balaban J connectivity index is 2.66. The lowest BCUT2D eigenvalue weighted by Gasteiger charge is -2.27. The first kappa shape index (κ1) is 11.0. The smallest absolute Gasteiger partial charge is 0.0612 e. The molecule has 0 aromatic carbocycles. The van der Waals surface area contributed by atoms with Gasteiger partial charge in [0.05, 0.1) is 6.10 Å². The van der Waals surface area contributed by atoms with E-state index < -0.39 is 0 Å². The highest BCUT2D eigenvalue weighted by molar-refractivity contribution is 4.83. The van der Waals surface area contributed by atoms with Crippen molar-refractivity contribution in [1.82, 2.24) is 4.90 Å². The van der Waals surface area contributed by atoms with E-state index in [-0.39, 0.29) is 0 Å². The maximum absolute atomic E-state index is 5.52. The van der Waals surface area contributed by atoms with E-state index in [2.05, 4.69) is 32.7 Å². The minimum Gasteiger partial charge on any atom is -0.381 e. The van der Waals surface area contributed by atoms with Crippen LogP contribution < -0.4 is 0 Å². The molecule has 2 heteroatoms. The molecular formula is C11H23NO. The van der Waals surface area contributed by atoms with Gasteiger partial charge in [-0.1, -0.05) is 6.92 Å². The minimum atomic E-state index is 0.447. The highest BCUT2D eigenvalue weighted by Gasteiger charge is 2.29. The Morgan fingerprint density at radius 3 is 2.15 bits per heavy atom. The summed E-state index contributed by atoms with van der Waals surface area (Å²) in [6.45, 7) is 6.90. The topological polar surface area (TPSA) is 12.5 Å². The fourth-order valence-electron chi connectivity index (χ4n) is 2.35. The number of rotatable bonds is 1. The number of methoxy groups -OCH3 is 1. The monoisotopic (exact) mass is 185 g/mol. The summed E-state index contributed by atoms with van der Waals surface area (Å²) in [5.74, 6) is 0.687. The van der Waals surface area contributed by atoms with Crippen LogP contribution in [0.3, 0.4) is 0 Å². The second kappa shape index (κ2) is 4.43. The van der Waals surface area contributed by atoms with Gasteiger partial charge in [0.1, 0.15) is 0 Å². The SMILES string of the molecule is COC1CC(C)N(C)C(C)CC1C. The minimum absolute atomic E-state index is 0.447. The Hall–Kier alpha value is -0.0800. The fraction of sp³-hybridized carbons (Fsp3) is 1.00. The van der Waals surface area contributed by atoms with Crippen LogP contribution in [0.15, 0.2) is 0 Å². The molecule has 1 rings (SSSR count). The normalized spacial score (nSPS) is 43.2. The predicted molar refractivity (Wildman–Crippen MR) is 55.9 cm³/mol. The van der Waals surface area contributed by atoms with Crippen molar-refractivity contribution in [2.75, 3.05) is 14.2 Å². The summed E-state index contributed by atoms with van der Waals surface area (Å²) in [7, 11) is 4.06. The molecule has 78 valence electrons. The Kier molecular flexibility index (Phi) is 3.74. The molecule has 1 saturated heterocycles. The molecule has 0 aromatic rings. The molecule has 2 nitrogen and oxygen atoms in total. The highest BCUT2D eigenvalue weighted by atomic mass is 16.5. The molecule has 4 unspecified atom stereocenters. The summed E-state index contributed by atoms with van der Waals surface area (Å²) in [5.41, 5.74) is 0. The third-order valence-corrected chi connectivity index (χ3v) is 3.61. The third-order valence-electron chi connectivity index (χ3n) is 3.61. The van der Waals surface area contributed by atoms with Crippen LogP contribution in [0.4, 0.5) is 0 Å². The highest BCUT2D eigenvalue weighted by Crippen LogP contribution is 2.26. The maximum atomic E-state index is 5.52. The Labute approximate surface area is 82.3 Å². The third kappa shape index (κ3) is 2.44. The summed E-state index contributed by atoms with van der Waals surface area (Å²) < 4.78 is 5.52. The van der Waals surface area contributed by atoms with Crippen molar-refractivity contribution in [3.63, 3.8) is 0 Å². The molecule has 0 saturated carbocycles. The molecule has 1 fully saturated rings. The largest absolute Gasteiger partial charge is 0.381 e. The van der Waals surface area contributed by atoms with Crippen molar-refractivity contribution in [2.24, 2.45) is 5.92 Å². The molecular weight excluding hydrogens is 162 g/mol. The lowest BCUT2D eigenvalue weighted by Crippen LogP contribution is -2.35. The summed E-state index contributed by atoms with van der Waals surface area (Å²) >= 11 is 0. The summed E-state index contributed by atoms with van der Waals surface area (Å²) in [5, 5.41) is 0. The zero-order valence-corrected chi connectivity index (χ0v) is 9.58. The van der Waals surface area contributed by atoms with Gasteiger partial charge in [-0.3, -0.25) is 0 Å². The first-order chi connectivity index (χ1) is 6.06. The van der Waals surface area contributed by atoms with Crippen LogP contribution in [0.1, 0.15) is 33.6 Å². The number of nitrogens with zero attached hydrogens (tertiary/aromatic N) is 1. The van der Waals surface area contributed by atoms with Crippen molar-refractivity contribution >= 4 is 0 Å². The molecule has 0 bridgehead atoms. The number of hydrogen-bond acceptors (Lipinski definition) is 2. The van der Waals surface area contributed by atoms with E-state index in [1.807, 2.05) is 7.11 Å². The molecule has 0 spiro atoms. The van der Waals surface area contributed by atoms with Gasteiger partial charge in [0.15, 0.2) is 0 Å². The Morgan fingerprint density at radius 1 is 1.08 bits per heavy atom. The van der Waals surface area contributed by atoms with E-state index in [0.29, 0.717) is 24.1 Å². The lowest BCUT2D eigenvalue weighted by molar-refractivity contribution is 0.0484. The predicted octanol–water partition coefficient (Wildman–Crippen LogP) is 2.14. The van der Waals surface area contributed by atoms with Crippen LogP contribution in [0.25, 0.3) is 0 Å². The maximum Gasteiger partial charge on any atom is 0.0612 e. The molecule has 0 N–H and O–H groups in total. The van der Waals surface area contributed by atoms with Gasteiger partial charge in [0.25, 0.3) is 0 Å². The fourth-order valence-corrected chi connectivity index (χ4v) is 2.35. The van der Waals surface area contributed by atoms with Crippen LogP contribution in [0.5, 0.6) is 0 Å². The second-order valence-electron chi connectivity index (χ2n) is 4.59. The Bertz CT molecular complexity index is 160. The van der Waals surface area contributed by atoms with E-state index >= 15 is 0 Å². The van der Waals surface area contributed by atoms with E-state index in [0.717, 1.165) is 0 Å². The number of hydrogen-bond donors (Lipinski definition) is 0. The van der Waals surface area contributed by atoms with Gasteiger partial charge in [-0.05, 0) is 39.7 Å². The molecule has 0 aliphatic carbocycles. The number of ether oxygens (including phenoxy) is 1. The van der Waals surface area contributed by atoms with Crippen molar-refractivity contribution in [3.8, 4) is 0 Å². The van der Waals surface area contributed by atoms with Crippen LogP contribution >= 0.6 is 0 Å². The van der Waals surface area contributed by atoms with Gasteiger partial charge in [0.2, 0.25) is 0 Å². The second-order valence-corrected chi connectivity index (χ2v) is 4.59. The van der Waals surface area contributed by atoms with E-state index in [1.165, 1.54) is 12.8 Å². The van der Waals surface area contributed by atoms with Crippen LogP contribution in [0.2, 0.25) is 0 Å². The average molecular weight is 185 g/mol. The molecule has 0 amide bonds. The van der Waals surface area contributed by atoms with Gasteiger partial charge in [-0.2, -0.15) is 0 Å². The summed E-state index contributed by atoms with van der Waals surface area (Å²) in [4.78, 5) is 2.47. The lowest BCUT2D eigenvalue weighted by atomic mass is 9.96. The first-order valence-corrected chi connectivity index (χ1v) is 5.31. The van der Waals surface area contributed by atoms with Crippen LogP contribution in [0, 0.1) is 5.92 Å². The quantitative estimate of drug-likeness (QED) is 0.620. The first-order valence-electron chi connectivity index (χ1n) is 5.31. The van der Waals surface area contributed by atoms with Crippen LogP contribution in [-0.4, -0.2) is 37.2 Å². The molecule has 0 radical (unpaired) electrons. The standard InChI is InChI=1S/C11H23NO/c1-8-6-9(2)12(4)10(3)7-11(8)13-5/h8-11H,6-7H2,1-5H3. The summed E-state index contributed by atoms with van der Waals surface area (Å²) in [6.07, 6.45) is 2.86. The van der Waals surface area contributed by atoms with Gasteiger partial charge >= 0.3 is 0 Å². The summed E-state index contributed by atoms with van der Waals surface area (Å²) in [6, 6.07) is 1.33. The van der Waals surface area contributed by atoms with Crippen molar-refractivity contribution in [3.05, 3.63) is 0 Å².